The zero-order valence-electron chi connectivity index (χ0n) is 24.4. The third kappa shape index (κ3) is 9.49. The van der Waals surface area contributed by atoms with Crippen molar-refractivity contribution in [2.45, 2.75) is 51.0 Å². The Kier molecular flexibility index (Phi) is 12.9. The van der Waals surface area contributed by atoms with Gasteiger partial charge >= 0.3 is 18.1 Å². The molecule has 1 aliphatic rings. The van der Waals surface area contributed by atoms with Gasteiger partial charge in [0, 0.05) is 28.6 Å². The molecule has 0 radical (unpaired) electrons. The molecule has 3 unspecified atom stereocenters. The minimum atomic E-state index is -5.08. The molecule has 242 valence electrons. The fourth-order valence-corrected chi connectivity index (χ4v) is 5.24. The third-order valence-electron chi connectivity index (χ3n) is 7.33. The number of aliphatic imine (C=N–C) groups is 1. The van der Waals surface area contributed by atoms with Crippen molar-refractivity contribution in [3.63, 3.8) is 0 Å². The van der Waals surface area contributed by atoms with E-state index in [2.05, 4.69) is 10.3 Å². The molecule has 0 aromatic heterocycles. The second-order valence-corrected chi connectivity index (χ2v) is 10.4. The molecule has 1 heterocycles. The summed E-state index contributed by atoms with van der Waals surface area (Å²) in [5.74, 6) is -6.12. The van der Waals surface area contributed by atoms with Crippen LogP contribution in [0.1, 0.15) is 42.9 Å². The summed E-state index contributed by atoms with van der Waals surface area (Å²) in [5.41, 5.74) is 1.59. The number of carbonyl (C=O) groups excluding carboxylic acids is 2. The van der Waals surface area contributed by atoms with Gasteiger partial charge < -0.3 is 20.0 Å². The maximum absolute atomic E-state index is 14.2. The molecule has 0 aliphatic carbocycles. The number of hydrogen-bond donors (Lipinski definition) is 1. The molecular weight excluding hydrogens is 634 g/mol. The normalized spacial score (nSPS) is 16.7. The van der Waals surface area contributed by atoms with Crippen molar-refractivity contribution in [2.75, 3.05) is 13.2 Å². The Hall–Kier alpha value is -4.02. The minimum absolute atomic E-state index is 0. The number of hydrogen-bond acceptors (Lipinski definition) is 6. The monoisotopic (exact) mass is 666 g/mol. The summed E-state index contributed by atoms with van der Waals surface area (Å²) in [6, 6.07) is 21.2. The Bertz CT molecular complexity index is 1470. The second-order valence-electron chi connectivity index (χ2n) is 10.4. The van der Waals surface area contributed by atoms with Crippen LogP contribution in [-0.4, -0.2) is 65.0 Å². The Morgan fingerprint density at radius 1 is 1.00 bits per heavy atom. The number of esters is 1. The van der Waals surface area contributed by atoms with Crippen LogP contribution < -0.4 is 0 Å². The van der Waals surface area contributed by atoms with Gasteiger partial charge in [0.15, 0.2) is 6.04 Å². The standard InChI is InChI=1S/C33H34F3N3O5.Ni/c1-2-44-28(40)20-25(33(34,35)36)30(32(42)43)38-29(23-14-7-4-8-15-23)24-16-9-10-17-26(24)37-31(41)27-18-11-19-39(27)21-22-12-5-3-6-13-22;/h3-10,12-17,25,27,30H,2,11,18-21H2,1H3,(H2,37,38,41,42,43);/p-1. The number of rotatable bonds is 12. The third-order valence-corrected chi connectivity index (χ3v) is 7.33. The van der Waals surface area contributed by atoms with E-state index in [1.54, 1.807) is 42.5 Å². The van der Waals surface area contributed by atoms with Crippen LogP contribution in [0, 0.1) is 5.92 Å². The van der Waals surface area contributed by atoms with E-state index in [0.29, 0.717) is 25.1 Å². The zero-order valence-corrected chi connectivity index (χ0v) is 25.4. The molecule has 3 aromatic carbocycles. The summed E-state index contributed by atoms with van der Waals surface area (Å²) in [6.07, 6.45) is -4.90. The van der Waals surface area contributed by atoms with Crippen molar-refractivity contribution in [1.82, 2.24) is 4.90 Å². The number of likely N-dealkylation sites (tertiary alicyclic amines) is 1. The molecular formula is C33H33F3N3NiO5-. The SMILES string of the molecule is CCOC(=O)CC(C(N=C(c1ccccc1)c1ccccc1[N-]C(=O)C1CCCN1Cc1ccccc1)C(=O)O)C(F)(F)F.[Ni]. The van der Waals surface area contributed by atoms with Crippen LogP contribution in [0.4, 0.5) is 18.9 Å². The summed E-state index contributed by atoms with van der Waals surface area (Å²) in [5, 5.41) is 14.4. The number of para-hydroxylation sites is 1. The van der Waals surface area contributed by atoms with Crippen LogP contribution in [-0.2, 0) is 42.2 Å². The topological polar surface area (TPSA) is 110 Å². The molecule has 0 spiro atoms. The number of benzene rings is 3. The molecule has 3 aromatic rings. The Balaban J connectivity index is 0.00000552. The molecule has 8 nitrogen and oxygen atoms in total. The van der Waals surface area contributed by atoms with Crippen molar-refractivity contribution in [3.8, 4) is 0 Å². The molecule has 45 heavy (non-hydrogen) atoms. The molecule has 1 aliphatic heterocycles. The fraction of sp³-hybridized carbons (Fsp3) is 0.333. The zero-order chi connectivity index (χ0) is 31.7. The van der Waals surface area contributed by atoms with E-state index in [9.17, 15) is 32.7 Å². The predicted octanol–water partition coefficient (Wildman–Crippen LogP) is 6.30. The van der Waals surface area contributed by atoms with Gasteiger partial charge in [0.1, 0.15) is 0 Å². The van der Waals surface area contributed by atoms with E-state index >= 15 is 0 Å². The first kappa shape index (κ1) is 35.5. The number of carboxylic acids is 1. The van der Waals surface area contributed by atoms with Gasteiger partial charge in [-0.05, 0) is 37.4 Å². The fourth-order valence-electron chi connectivity index (χ4n) is 5.24. The number of ether oxygens (including phenoxy) is 1. The van der Waals surface area contributed by atoms with E-state index in [1.165, 1.54) is 19.1 Å². The van der Waals surface area contributed by atoms with Crippen molar-refractivity contribution < 1.29 is 53.9 Å². The van der Waals surface area contributed by atoms with E-state index in [4.69, 9.17) is 4.74 Å². The van der Waals surface area contributed by atoms with Gasteiger partial charge in [-0.3, -0.25) is 14.7 Å². The Labute approximate surface area is 269 Å². The molecule has 4 rings (SSSR count). The number of aliphatic carboxylic acids is 1. The van der Waals surface area contributed by atoms with Gasteiger partial charge in [0.2, 0.25) is 0 Å². The second kappa shape index (κ2) is 16.3. The number of alkyl halides is 3. The van der Waals surface area contributed by atoms with Crippen molar-refractivity contribution in [1.29, 1.82) is 0 Å². The van der Waals surface area contributed by atoms with E-state index < -0.39 is 48.4 Å². The first-order chi connectivity index (χ1) is 21.1. The van der Waals surface area contributed by atoms with Gasteiger partial charge in [-0.15, -0.1) is 5.69 Å². The smallest absolute Gasteiger partial charge is 0.395 e. The van der Waals surface area contributed by atoms with Crippen LogP contribution in [0.2, 0.25) is 0 Å². The van der Waals surface area contributed by atoms with E-state index in [1.807, 2.05) is 35.2 Å². The van der Waals surface area contributed by atoms with E-state index in [0.717, 1.165) is 12.0 Å². The molecule has 3 atom stereocenters. The average Bonchev–Trinajstić information content (AvgIpc) is 3.46. The number of amides is 1. The maximum Gasteiger partial charge on any atom is 0.395 e. The first-order valence-electron chi connectivity index (χ1n) is 14.3. The van der Waals surface area contributed by atoms with E-state index in [-0.39, 0.29) is 40.1 Å². The first-order valence-corrected chi connectivity index (χ1v) is 14.3. The summed E-state index contributed by atoms with van der Waals surface area (Å²) in [6.45, 7) is 2.55. The Morgan fingerprint density at radius 3 is 2.24 bits per heavy atom. The van der Waals surface area contributed by atoms with Crippen LogP contribution in [0.5, 0.6) is 0 Å². The molecule has 0 saturated carbocycles. The molecule has 1 fully saturated rings. The van der Waals surface area contributed by atoms with Gasteiger partial charge in [0.05, 0.1) is 36.6 Å². The van der Waals surface area contributed by atoms with Gasteiger partial charge in [-0.25, -0.2) is 4.79 Å². The van der Waals surface area contributed by atoms with Crippen molar-refractivity contribution >= 4 is 29.2 Å². The molecule has 0 bridgehead atoms. The molecule has 1 N–H and O–H groups in total. The number of carbonyl (C=O) groups is 3. The number of nitrogens with zero attached hydrogens (tertiary/aromatic N) is 3. The maximum atomic E-state index is 14.2. The van der Waals surface area contributed by atoms with Crippen LogP contribution in [0.3, 0.4) is 0 Å². The summed E-state index contributed by atoms with van der Waals surface area (Å²) < 4.78 is 47.3. The number of halogens is 3. The van der Waals surface area contributed by atoms with Crippen molar-refractivity contribution in [3.05, 3.63) is 107 Å². The quantitative estimate of drug-likeness (QED) is 0.138. The molecule has 12 heteroatoms. The van der Waals surface area contributed by atoms with Crippen LogP contribution in [0.15, 0.2) is 89.9 Å². The predicted molar refractivity (Wildman–Crippen MR) is 159 cm³/mol. The van der Waals surface area contributed by atoms with Crippen molar-refractivity contribution in [2.24, 2.45) is 10.9 Å². The van der Waals surface area contributed by atoms with Crippen LogP contribution >= 0.6 is 0 Å². The average molecular weight is 667 g/mol. The molecule has 1 amide bonds. The Morgan fingerprint density at radius 2 is 1.62 bits per heavy atom. The summed E-state index contributed by atoms with van der Waals surface area (Å²) >= 11 is 0. The van der Waals surface area contributed by atoms with Gasteiger partial charge in [-0.1, -0.05) is 84.9 Å². The largest absolute Gasteiger partial charge is 0.625 e. The molecule has 1 saturated heterocycles. The summed E-state index contributed by atoms with van der Waals surface area (Å²) in [4.78, 5) is 44.1. The van der Waals surface area contributed by atoms with Gasteiger partial charge in [-0.2, -0.15) is 13.2 Å². The van der Waals surface area contributed by atoms with Crippen LogP contribution in [0.25, 0.3) is 5.32 Å². The summed E-state index contributed by atoms with van der Waals surface area (Å²) in [7, 11) is 0. The number of carboxylic acid groups (broad SMARTS) is 1. The minimum Gasteiger partial charge on any atom is -0.625 e. The van der Waals surface area contributed by atoms with Gasteiger partial charge in [0.25, 0.3) is 0 Å².